The van der Waals surface area contributed by atoms with E-state index < -0.39 is 5.41 Å². The lowest BCUT2D eigenvalue weighted by molar-refractivity contribution is 0.00304. The van der Waals surface area contributed by atoms with E-state index in [4.69, 9.17) is 15.3 Å². The van der Waals surface area contributed by atoms with Gasteiger partial charge < -0.3 is 15.3 Å². The lowest BCUT2D eigenvalue weighted by Crippen LogP contribution is -2.32. The van der Waals surface area contributed by atoms with Gasteiger partial charge in [-0.2, -0.15) is 0 Å². The normalized spacial score (nSPS) is 12.0. The molecule has 94 valence electrons. The Bertz CT molecular complexity index is 117. The van der Waals surface area contributed by atoms with Gasteiger partial charge in [0.25, 0.3) is 0 Å². The van der Waals surface area contributed by atoms with E-state index >= 15 is 0 Å². The summed E-state index contributed by atoms with van der Waals surface area (Å²) < 4.78 is 0. The summed E-state index contributed by atoms with van der Waals surface area (Å²) >= 11 is 0. The first-order valence-electron chi connectivity index (χ1n) is 5.63. The summed E-state index contributed by atoms with van der Waals surface area (Å²) in [6, 6.07) is 0. The Morgan fingerprint density at radius 2 is 1.00 bits per heavy atom. The zero-order valence-electron chi connectivity index (χ0n) is 10.9. The molecule has 0 heterocycles. The number of hydrogen-bond acceptors (Lipinski definition) is 3. The Morgan fingerprint density at radius 1 is 0.733 bits per heavy atom. The summed E-state index contributed by atoms with van der Waals surface area (Å²) in [6.07, 6.45) is 1.86. The van der Waals surface area contributed by atoms with Gasteiger partial charge in [0, 0.05) is 5.41 Å². The Balaban J connectivity index is 0. The molecule has 0 bridgehead atoms. The fourth-order valence-electron chi connectivity index (χ4n) is 0.485. The summed E-state index contributed by atoms with van der Waals surface area (Å²) in [5.74, 6) is 0. The van der Waals surface area contributed by atoms with Crippen LogP contribution in [0.15, 0.2) is 0 Å². The first-order valence-corrected chi connectivity index (χ1v) is 5.63. The molecule has 0 atom stereocenters. The molecular weight excluding hydrogens is 192 g/mol. The van der Waals surface area contributed by atoms with Crippen LogP contribution >= 0.6 is 0 Å². The van der Waals surface area contributed by atoms with Crippen LogP contribution in [0.4, 0.5) is 0 Å². The van der Waals surface area contributed by atoms with Gasteiger partial charge in [-0.05, 0) is 11.8 Å². The molecule has 0 aromatic heterocycles. The molecule has 3 nitrogen and oxygen atoms in total. The summed E-state index contributed by atoms with van der Waals surface area (Å²) in [7, 11) is 0. The molecule has 0 aliphatic carbocycles. The fourth-order valence-corrected chi connectivity index (χ4v) is 0.485. The topological polar surface area (TPSA) is 60.7 Å². The zero-order chi connectivity index (χ0) is 12.5. The Labute approximate surface area is 94.1 Å². The van der Waals surface area contributed by atoms with Crippen molar-refractivity contribution in [2.45, 2.75) is 47.5 Å². The molecule has 0 fully saturated rings. The second kappa shape index (κ2) is 8.08. The Hall–Kier alpha value is -0.120. The van der Waals surface area contributed by atoms with Crippen molar-refractivity contribution < 1.29 is 15.3 Å². The van der Waals surface area contributed by atoms with Gasteiger partial charge >= 0.3 is 0 Å². The van der Waals surface area contributed by atoms with Crippen molar-refractivity contribution in [3.05, 3.63) is 0 Å². The van der Waals surface area contributed by atoms with Crippen LogP contribution in [0.2, 0.25) is 0 Å². The second-order valence-corrected chi connectivity index (χ2v) is 5.24. The molecule has 0 saturated carbocycles. The lowest BCUT2D eigenvalue weighted by atomic mass is 9.88. The Kier molecular flexibility index (Phi) is 9.31. The molecule has 0 radical (unpaired) electrons. The van der Waals surface area contributed by atoms with E-state index in [2.05, 4.69) is 27.7 Å². The summed E-state index contributed by atoms with van der Waals surface area (Å²) in [5, 5.41) is 26.0. The van der Waals surface area contributed by atoms with Gasteiger partial charge in [-0.15, -0.1) is 0 Å². The first-order chi connectivity index (χ1) is 6.80. The highest BCUT2D eigenvalue weighted by Gasteiger charge is 2.24. The smallest absolute Gasteiger partial charge is 0.0531 e. The minimum absolute atomic E-state index is 0.156. The molecule has 0 saturated heterocycles. The molecule has 0 spiro atoms. The molecule has 15 heavy (non-hydrogen) atoms. The molecular formula is C12H28O3. The van der Waals surface area contributed by atoms with Crippen molar-refractivity contribution in [3.8, 4) is 0 Å². The van der Waals surface area contributed by atoms with Crippen LogP contribution in [0.3, 0.4) is 0 Å². The highest BCUT2D eigenvalue weighted by molar-refractivity contribution is 4.74. The monoisotopic (exact) mass is 220 g/mol. The Morgan fingerprint density at radius 3 is 1.00 bits per heavy atom. The van der Waals surface area contributed by atoms with Crippen molar-refractivity contribution in [1.29, 1.82) is 0 Å². The van der Waals surface area contributed by atoms with Gasteiger partial charge in [-0.1, -0.05) is 41.0 Å². The van der Waals surface area contributed by atoms with E-state index in [-0.39, 0.29) is 19.8 Å². The van der Waals surface area contributed by atoms with E-state index in [1.165, 1.54) is 6.42 Å². The summed E-state index contributed by atoms with van der Waals surface area (Å²) in [5.41, 5.74) is -0.125. The standard InChI is InChI=1S/C6H14O3.C6H14/c1-2-6(3-7,4-8)5-9;1-5-6(2,3)4/h7-9H,2-5H2,1H3;5H2,1-4H3. The predicted octanol–water partition coefficient (Wildman–Crippen LogP) is 1.80. The number of rotatable bonds is 4. The zero-order valence-corrected chi connectivity index (χ0v) is 10.9. The molecule has 0 aromatic carbocycles. The lowest BCUT2D eigenvalue weighted by Gasteiger charge is -2.24. The van der Waals surface area contributed by atoms with Crippen molar-refractivity contribution >= 4 is 0 Å². The molecule has 0 amide bonds. The fraction of sp³-hybridized carbons (Fsp3) is 1.00. The molecule has 0 rings (SSSR count). The number of aliphatic hydroxyl groups excluding tert-OH is 3. The average Bonchev–Trinajstić information content (AvgIpc) is 2.22. The van der Waals surface area contributed by atoms with E-state index in [1.54, 1.807) is 0 Å². The summed E-state index contributed by atoms with van der Waals surface area (Å²) in [6.45, 7) is 10.3. The van der Waals surface area contributed by atoms with Gasteiger partial charge in [0.1, 0.15) is 0 Å². The molecule has 0 aliphatic heterocycles. The van der Waals surface area contributed by atoms with Crippen molar-refractivity contribution in [3.63, 3.8) is 0 Å². The average molecular weight is 220 g/mol. The minimum atomic E-state index is -0.667. The maximum Gasteiger partial charge on any atom is 0.0531 e. The third-order valence-electron chi connectivity index (χ3n) is 2.82. The third-order valence-corrected chi connectivity index (χ3v) is 2.82. The predicted molar refractivity (Wildman–Crippen MR) is 63.7 cm³/mol. The van der Waals surface area contributed by atoms with Gasteiger partial charge in [0.15, 0.2) is 0 Å². The van der Waals surface area contributed by atoms with Gasteiger partial charge in [-0.25, -0.2) is 0 Å². The third kappa shape index (κ3) is 8.85. The quantitative estimate of drug-likeness (QED) is 0.677. The largest absolute Gasteiger partial charge is 0.396 e. The van der Waals surface area contributed by atoms with Crippen molar-refractivity contribution in [1.82, 2.24) is 0 Å². The van der Waals surface area contributed by atoms with Gasteiger partial charge in [0.2, 0.25) is 0 Å². The number of hydrogen-bond donors (Lipinski definition) is 3. The van der Waals surface area contributed by atoms with E-state index in [0.29, 0.717) is 11.8 Å². The molecule has 0 aromatic rings. The highest BCUT2D eigenvalue weighted by Crippen LogP contribution is 2.18. The van der Waals surface area contributed by atoms with Crippen LogP contribution in [-0.4, -0.2) is 35.1 Å². The van der Waals surface area contributed by atoms with E-state index in [9.17, 15) is 0 Å². The summed E-state index contributed by atoms with van der Waals surface area (Å²) in [4.78, 5) is 0. The van der Waals surface area contributed by atoms with Gasteiger partial charge in [0.05, 0.1) is 19.8 Å². The molecule has 0 aliphatic rings. The van der Waals surface area contributed by atoms with Crippen LogP contribution in [0.5, 0.6) is 0 Å². The molecule has 3 heteroatoms. The number of aliphatic hydroxyl groups is 3. The second-order valence-electron chi connectivity index (χ2n) is 5.24. The van der Waals surface area contributed by atoms with E-state index in [1.807, 2.05) is 6.92 Å². The SMILES string of the molecule is CCC(C)(C)C.CCC(CO)(CO)CO. The van der Waals surface area contributed by atoms with Crippen molar-refractivity contribution in [2.75, 3.05) is 19.8 Å². The first kappa shape index (κ1) is 17.3. The van der Waals surface area contributed by atoms with Gasteiger partial charge in [-0.3, -0.25) is 0 Å². The molecule has 0 unspecified atom stereocenters. The maximum absolute atomic E-state index is 8.66. The van der Waals surface area contributed by atoms with Crippen LogP contribution in [0, 0.1) is 10.8 Å². The van der Waals surface area contributed by atoms with Crippen LogP contribution < -0.4 is 0 Å². The van der Waals surface area contributed by atoms with E-state index in [0.717, 1.165) is 0 Å². The van der Waals surface area contributed by atoms with Crippen LogP contribution in [-0.2, 0) is 0 Å². The minimum Gasteiger partial charge on any atom is -0.396 e. The molecule has 3 N–H and O–H groups in total. The van der Waals surface area contributed by atoms with Crippen LogP contribution in [0.25, 0.3) is 0 Å². The highest BCUT2D eigenvalue weighted by atomic mass is 16.3. The van der Waals surface area contributed by atoms with Crippen molar-refractivity contribution in [2.24, 2.45) is 10.8 Å². The maximum atomic E-state index is 8.66. The van der Waals surface area contributed by atoms with Crippen LogP contribution in [0.1, 0.15) is 47.5 Å².